The lowest BCUT2D eigenvalue weighted by molar-refractivity contribution is 0.0690. The van der Waals surface area contributed by atoms with E-state index in [0.29, 0.717) is 9.92 Å². The van der Waals surface area contributed by atoms with Gasteiger partial charge in [0.05, 0.1) is 0 Å². The van der Waals surface area contributed by atoms with E-state index < -0.39 is 5.97 Å². The minimum Gasteiger partial charge on any atom is -0.477 e. The first-order valence-corrected chi connectivity index (χ1v) is 6.91. The largest absolute Gasteiger partial charge is 0.477 e. The van der Waals surface area contributed by atoms with Gasteiger partial charge < -0.3 is 9.67 Å². The molecule has 102 valence electrons. The lowest BCUT2D eigenvalue weighted by atomic mass is 10.3. The fourth-order valence-corrected chi connectivity index (χ4v) is 2.65. The van der Waals surface area contributed by atoms with Crippen molar-refractivity contribution >= 4 is 17.7 Å². The van der Waals surface area contributed by atoms with Crippen molar-refractivity contribution in [3.63, 3.8) is 0 Å². The maximum Gasteiger partial charge on any atom is 0.354 e. The van der Waals surface area contributed by atoms with Crippen LogP contribution in [0.25, 0.3) is 0 Å². The Morgan fingerprint density at radius 2 is 2.15 bits per heavy atom. The number of aromatic carboxylic acids is 1. The van der Waals surface area contributed by atoms with Crippen molar-refractivity contribution in [1.29, 1.82) is 0 Å². The summed E-state index contributed by atoms with van der Waals surface area (Å²) < 4.78 is 1.69. The predicted octanol–water partition coefficient (Wildman–Crippen LogP) is 1.82. The van der Waals surface area contributed by atoms with Crippen LogP contribution in [0.2, 0.25) is 0 Å². The van der Waals surface area contributed by atoms with Gasteiger partial charge in [0.25, 0.3) is 5.56 Å². The molecule has 2 aromatic rings. The van der Waals surface area contributed by atoms with Gasteiger partial charge in [-0.25, -0.2) is 14.8 Å². The zero-order chi connectivity index (χ0) is 14.1. The van der Waals surface area contributed by atoms with Crippen molar-refractivity contribution in [3.8, 4) is 0 Å². The SMILES string of the molecule is O=C(O)c1cc(Sc2nccn(C3CC3)c2=O)ccn1. The van der Waals surface area contributed by atoms with E-state index in [9.17, 15) is 9.59 Å². The topological polar surface area (TPSA) is 85.1 Å². The summed E-state index contributed by atoms with van der Waals surface area (Å²) in [5, 5.41) is 9.25. The fourth-order valence-electron chi connectivity index (χ4n) is 1.82. The highest BCUT2D eigenvalue weighted by Gasteiger charge is 2.25. The van der Waals surface area contributed by atoms with Gasteiger partial charge in [0.15, 0.2) is 5.03 Å². The first-order chi connectivity index (χ1) is 9.65. The molecule has 7 heteroatoms. The Bertz CT molecular complexity index is 725. The molecule has 1 aliphatic carbocycles. The number of carboxylic acids is 1. The van der Waals surface area contributed by atoms with Crippen LogP contribution in [0.15, 0.2) is 45.4 Å². The van der Waals surface area contributed by atoms with E-state index in [1.54, 1.807) is 23.0 Å². The van der Waals surface area contributed by atoms with E-state index in [-0.39, 0.29) is 17.3 Å². The summed E-state index contributed by atoms with van der Waals surface area (Å²) in [6.45, 7) is 0. The first-order valence-electron chi connectivity index (χ1n) is 6.09. The Hall–Kier alpha value is -2.15. The molecule has 0 unspecified atom stereocenters. The third-order valence-electron chi connectivity index (χ3n) is 2.94. The molecule has 0 bridgehead atoms. The summed E-state index contributed by atoms with van der Waals surface area (Å²) in [6.07, 6.45) is 6.74. The van der Waals surface area contributed by atoms with E-state index in [0.717, 1.165) is 24.6 Å². The normalized spacial score (nSPS) is 14.2. The van der Waals surface area contributed by atoms with Crippen LogP contribution in [0.4, 0.5) is 0 Å². The number of carbonyl (C=O) groups is 1. The molecular formula is C13H11N3O3S. The summed E-state index contributed by atoms with van der Waals surface area (Å²) in [7, 11) is 0. The molecule has 0 aromatic carbocycles. The molecule has 0 saturated heterocycles. The zero-order valence-corrected chi connectivity index (χ0v) is 11.2. The molecule has 3 rings (SSSR count). The van der Waals surface area contributed by atoms with Gasteiger partial charge in [-0.05, 0) is 25.0 Å². The lowest BCUT2D eigenvalue weighted by Crippen LogP contribution is -2.20. The van der Waals surface area contributed by atoms with Gasteiger partial charge in [-0.1, -0.05) is 11.8 Å². The highest BCUT2D eigenvalue weighted by atomic mass is 32.2. The van der Waals surface area contributed by atoms with Crippen LogP contribution in [0.5, 0.6) is 0 Å². The number of hydrogen-bond donors (Lipinski definition) is 1. The van der Waals surface area contributed by atoms with Gasteiger partial charge >= 0.3 is 5.97 Å². The number of nitrogens with zero attached hydrogens (tertiary/aromatic N) is 3. The predicted molar refractivity (Wildman–Crippen MR) is 72.1 cm³/mol. The van der Waals surface area contributed by atoms with Crippen molar-refractivity contribution in [3.05, 3.63) is 46.8 Å². The average molecular weight is 289 g/mol. The van der Waals surface area contributed by atoms with Gasteiger partial charge in [-0.2, -0.15) is 0 Å². The molecule has 1 N–H and O–H groups in total. The molecule has 2 heterocycles. The van der Waals surface area contributed by atoms with Crippen molar-refractivity contribution in [2.45, 2.75) is 28.8 Å². The molecule has 0 amide bonds. The highest BCUT2D eigenvalue weighted by molar-refractivity contribution is 7.99. The van der Waals surface area contributed by atoms with Crippen molar-refractivity contribution in [2.75, 3.05) is 0 Å². The van der Waals surface area contributed by atoms with Gasteiger partial charge in [0.1, 0.15) is 5.69 Å². The van der Waals surface area contributed by atoms with Crippen molar-refractivity contribution in [1.82, 2.24) is 14.5 Å². The standard InChI is InChI=1S/C13H11N3O3S/c17-12-11(15-5-6-16(12)8-1-2-8)20-9-3-4-14-10(7-9)13(18)19/h3-8H,1-2H2,(H,18,19). The Morgan fingerprint density at radius 3 is 2.85 bits per heavy atom. The zero-order valence-electron chi connectivity index (χ0n) is 10.4. The number of rotatable bonds is 4. The second kappa shape index (κ2) is 5.09. The van der Waals surface area contributed by atoms with Gasteiger partial charge in [-0.3, -0.25) is 4.79 Å². The first kappa shape index (κ1) is 12.9. The third-order valence-corrected chi connectivity index (χ3v) is 3.90. The second-order valence-electron chi connectivity index (χ2n) is 4.46. The quantitative estimate of drug-likeness (QED) is 0.924. The van der Waals surface area contributed by atoms with Crippen LogP contribution in [-0.2, 0) is 0 Å². The molecule has 20 heavy (non-hydrogen) atoms. The minimum absolute atomic E-state index is 0.0477. The molecule has 6 nitrogen and oxygen atoms in total. The van der Waals surface area contributed by atoms with Gasteiger partial charge in [-0.15, -0.1) is 0 Å². The fraction of sp³-hybridized carbons (Fsp3) is 0.231. The van der Waals surface area contributed by atoms with E-state index in [1.165, 1.54) is 12.3 Å². The Kier molecular flexibility index (Phi) is 3.27. The summed E-state index contributed by atoms with van der Waals surface area (Å²) in [5.74, 6) is -1.09. The summed E-state index contributed by atoms with van der Waals surface area (Å²) in [6, 6.07) is 3.38. The molecule has 1 fully saturated rings. The summed E-state index contributed by atoms with van der Waals surface area (Å²) in [5.41, 5.74) is -0.179. The maximum absolute atomic E-state index is 12.2. The third kappa shape index (κ3) is 2.57. The Labute approximate surface area is 118 Å². The van der Waals surface area contributed by atoms with E-state index in [4.69, 9.17) is 5.11 Å². The number of pyridine rings is 1. The monoisotopic (exact) mass is 289 g/mol. The van der Waals surface area contributed by atoms with Crippen LogP contribution < -0.4 is 5.56 Å². The molecule has 0 spiro atoms. The van der Waals surface area contributed by atoms with Crippen LogP contribution in [0.1, 0.15) is 29.4 Å². The number of carboxylic acid groups (broad SMARTS) is 1. The molecule has 2 aromatic heterocycles. The van der Waals surface area contributed by atoms with Crippen LogP contribution in [-0.4, -0.2) is 25.6 Å². The molecule has 1 saturated carbocycles. The van der Waals surface area contributed by atoms with E-state index in [1.807, 2.05) is 0 Å². The molecule has 1 aliphatic rings. The second-order valence-corrected chi connectivity index (χ2v) is 5.52. The number of aromatic nitrogens is 3. The lowest BCUT2D eigenvalue weighted by Gasteiger charge is -2.05. The van der Waals surface area contributed by atoms with E-state index >= 15 is 0 Å². The minimum atomic E-state index is -1.09. The molecule has 0 radical (unpaired) electrons. The molecule has 0 atom stereocenters. The average Bonchev–Trinajstić information content (AvgIpc) is 3.26. The van der Waals surface area contributed by atoms with Crippen molar-refractivity contribution in [2.24, 2.45) is 0 Å². The van der Waals surface area contributed by atoms with Gasteiger partial charge in [0, 0.05) is 29.5 Å². The van der Waals surface area contributed by atoms with Crippen LogP contribution in [0, 0.1) is 0 Å². The number of hydrogen-bond acceptors (Lipinski definition) is 5. The summed E-state index contributed by atoms with van der Waals surface area (Å²) >= 11 is 1.16. The summed E-state index contributed by atoms with van der Waals surface area (Å²) in [4.78, 5) is 31.5. The van der Waals surface area contributed by atoms with E-state index in [2.05, 4.69) is 9.97 Å². The highest BCUT2D eigenvalue weighted by Crippen LogP contribution is 2.33. The smallest absolute Gasteiger partial charge is 0.354 e. The van der Waals surface area contributed by atoms with Crippen LogP contribution >= 0.6 is 11.8 Å². The molecular weight excluding hydrogens is 278 g/mol. The van der Waals surface area contributed by atoms with Gasteiger partial charge in [0.2, 0.25) is 0 Å². The molecule has 0 aliphatic heterocycles. The Morgan fingerprint density at radius 1 is 1.35 bits per heavy atom. The maximum atomic E-state index is 12.2. The van der Waals surface area contributed by atoms with Crippen molar-refractivity contribution < 1.29 is 9.90 Å². The van der Waals surface area contributed by atoms with Crippen LogP contribution in [0.3, 0.4) is 0 Å². The Balaban J connectivity index is 1.91.